The molecule has 1 N–H and O–H groups in total. The van der Waals surface area contributed by atoms with Crippen molar-refractivity contribution in [1.82, 2.24) is 0 Å². The lowest BCUT2D eigenvalue weighted by atomic mass is 10.2. The van der Waals surface area contributed by atoms with E-state index in [0.29, 0.717) is 5.62 Å². The van der Waals surface area contributed by atoms with Crippen LogP contribution >= 0.6 is 11.8 Å². The lowest BCUT2D eigenvalue weighted by Crippen LogP contribution is -1.90. The molecule has 0 fully saturated rings. The van der Waals surface area contributed by atoms with E-state index in [0.717, 1.165) is 17.3 Å². The van der Waals surface area contributed by atoms with Gasteiger partial charge in [0.25, 0.3) is 0 Å². The minimum Gasteiger partial charge on any atom is -0.378 e. The molecule has 0 saturated carbocycles. The number of benzene rings is 1. The van der Waals surface area contributed by atoms with E-state index in [1.807, 2.05) is 18.2 Å². The van der Waals surface area contributed by atoms with Crippen LogP contribution in [-0.2, 0) is 4.79 Å². The molecule has 0 aliphatic rings. The number of thioether (sulfide) groups is 1. The summed E-state index contributed by atoms with van der Waals surface area (Å²) >= 11 is 0.859. The molecule has 0 amide bonds. The van der Waals surface area contributed by atoms with E-state index in [-0.39, 0.29) is 0 Å². The van der Waals surface area contributed by atoms with Gasteiger partial charge in [-0.25, -0.2) is 0 Å². The Morgan fingerprint density at radius 2 is 2.00 bits per heavy atom. The van der Waals surface area contributed by atoms with Crippen molar-refractivity contribution in [3.8, 4) is 0 Å². The van der Waals surface area contributed by atoms with Gasteiger partial charge in [-0.1, -0.05) is 42.1 Å². The number of carbonyl (C=O) groups is 1. The Hall–Kier alpha value is -0.800. The van der Waals surface area contributed by atoms with Crippen molar-refractivity contribution >= 4 is 17.4 Å². The first-order chi connectivity index (χ1) is 5.34. The first-order valence-electron chi connectivity index (χ1n) is 3.16. The summed E-state index contributed by atoms with van der Waals surface area (Å²) in [5, 5.41) is 9.25. The van der Waals surface area contributed by atoms with Gasteiger partial charge < -0.3 is 5.11 Å². The number of aliphatic hydroxyl groups is 1. The molecule has 1 unspecified atom stereocenters. The van der Waals surface area contributed by atoms with Crippen LogP contribution in [0.15, 0.2) is 30.3 Å². The molecule has 1 aromatic carbocycles. The van der Waals surface area contributed by atoms with Gasteiger partial charge >= 0.3 is 0 Å². The maximum Gasteiger partial charge on any atom is 0.179 e. The van der Waals surface area contributed by atoms with E-state index in [4.69, 9.17) is 0 Å². The van der Waals surface area contributed by atoms with E-state index in [9.17, 15) is 9.90 Å². The second kappa shape index (κ2) is 4.16. The Morgan fingerprint density at radius 3 is 2.55 bits per heavy atom. The summed E-state index contributed by atoms with van der Waals surface area (Å²) < 4.78 is 0. The fourth-order valence-electron chi connectivity index (χ4n) is 0.749. The summed E-state index contributed by atoms with van der Waals surface area (Å²) in [6.45, 7) is 0. The van der Waals surface area contributed by atoms with Gasteiger partial charge in [0, 0.05) is 0 Å². The normalized spacial score (nSPS) is 12.5. The summed E-state index contributed by atoms with van der Waals surface area (Å²) in [7, 11) is 0. The lowest BCUT2D eigenvalue weighted by Gasteiger charge is -2.04. The zero-order chi connectivity index (χ0) is 8.10. The van der Waals surface area contributed by atoms with E-state index < -0.39 is 5.44 Å². The molecule has 58 valence electrons. The Labute approximate surface area is 69.2 Å². The van der Waals surface area contributed by atoms with Gasteiger partial charge in [-0.3, -0.25) is 4.79 Å². The summed E-state index contributed by atoms with van der Waals surface area (Å²) in [5.41, 5.74) is 0.663. The van der Waals surface area contributed by atoms with Gasteiger partial charge in [0.05, 0.1) is 0 Å². The molecule has 0 aliphatic carbocycles. The highest BCUT2D eigenvalue weighted by Gasteiger charge is 2.04. The van der Waals surface area contributed by atoms with Crippen LogP contribution in [0.2, 0.25) is 0 Å². The summed E-state index contributed by atoms with van der Waals surface area (Å²) in [6, 6.07) is 9.07. The largest absolute Gasteiger partial charge is 0.378 e. The third-order valence-corrected chi connectivity index (χ3v) is 1.91. The van der Waals surface area contributed by atoms with Crippen LogP contribution < -0.4 is 0 Å². The standard InChI is InChI=1S/C8H8O2S/c9-6-11-8(10)7-4-2-1-3-5-7/h1-6,8,10H. The average molecular weight is 168 g/mol. The summed E-state index contributed by atoms with van der Waals surface area (Å²) in [5.74, 6) is 0. The van der Waals surface area contributed by atoms with Gasteiger partial charge in [-0.15, -0.1) is 0 Å². The molecule has 0 aliphatic heterocycles. The van der Waals surface area contributed by atoms with Crippen molar-refractivity contribution in [3.63, 3.8) is 0 Å². The predicted octanol–water partition coefficient (Wildman–Crippen LogP) is 1.60. The molecule has 3 heteroatoms. The van der Waals surface area contributed by atoms with Crippen molar-refractivity contribution in [1.29, 1.82) is 0 Å². The highest BCUT2D eigenvalue weighted by atomic mass is 32.2. The van der Waals surface area contributed by atoms with E-state index in [1.54, 1.807) is 12.1 Å². The van der Waals surface area contributed by atoms with Crippen molar-refractivity contribution in [2.75, 3.05) is 0 Å². The second-order valence-corrected chi connectivity index (χ2v) is 2.91. The van der Waals surface area contributed by atoms with E-state index >= 15 is 0 Å². The van der Waals surface area contributed by atoms with Crippen LogP contribution in [0.1, 0.15) is 11.0 Å². The first-order valence-corrected chi connectivity index (χ1v) is 4.11. The summed E-state index contributed by atoms with van der Waals surface area (Å²) in [4.78, 5) is 9.99. The minimum absolute atomic E-state index is 0.637. The Kier molecular flexibility index (Phi) is 3.14. The number of hydrogen-bond donors (Lipinski definition) is 1. The van der Waals surface area contributed by atoms with Gasteiger partial charge in [-0.05, 0) is 5.56 Å². The molecule has 1 aromatic rings. The maximum atomic E-state index is 9.99. The fourth-order valence-corrected chi connectivity index (χ4v) is 1.17. The molecule has 2 nitrogen and oxygen atoms in total. The van der Waals surface area contributed by atoms with Crippen LogP contribution in [0.4, 0.5) is 0 Å². The van der Waals surface area contributed by atoms with Gasteiger partial charge in [-0.2, -0.15) is 0 Å². The van der Waals surface area contributed by atoms with Crippen LogP contribution in [0.5, 0.6) is 0 Å². The highest BCUT2D eigenvalue weighted by molar-refractivity contribution is 8.11. The summed E-state index contributed by atoms with van der Waals surface area (Å²) in [6.07, 6.45) is 0. The van der Waals surface area contributed by atoms with Gasteiger partial charge in [0.15, 0.2) is 5.62 Å². The molecule has 0 bridgehead atoms. The quantitative estimate of drug-likeness (QED) is 0.550. The van der Waals surface area contributed by atoms with Crippen molar-refractivity contribution in [2.24, 2.45) is 0 Å². The molecule has 11 heavy (non-hydrogen) atoms. The van der Waals surface area contributed by atoms with Crippen LogP contribution in [-0.4, -0.2) is 10.7 Å². The molecule has 1 rings (SSSR count). The zero-order valence-corrected chi connectivity index (χ0v) is 6.62. The molecular weight excluding hydrogens is 160 g/mol. The number of aliphatic hydroxyl groups excluding tert-OH is 1. The second-order valence-electron chi connectivity index (χ2n) is 2.00. The zero-order valence-electron chi connectivity index (χ0n) is 5.81. The van der Waals surface area contributed by atoms with Gasteiger partial charge in [0.2, 0.25) is 0 Å². The van der Waals surface area contributed by atoms with Crippen LogP contribution in [0.3, 0.4) is 0 Å². The van der Waals surface area contributed by atoms with Crippen molar-refractivity contribution in [2.45, 2.75) is 5.44 Å². The fraction of sp³-hybridized carbons (Fsp3) is 0.125. The van der Waals surface area contributed by atoms with Gasteiger partial charge in [0.1, 0.15) is 5.44 Å². The first kappa shape index (κ1) is 8.30. The SMILES string of the molecule is O=CSC(O)c1ccccc1. The predicted molar refractivity (Wildman–Crippen MR) is 45.7 cm³/mol. The Balaban J connectivity index is 2.68. The number of hydrogen-bond acceptors (Lipinski definition) is 3. The topological polar surface area (TPSA) is 37.3 Å². The van der Waals surface area contributed by atoms with Crippen molar-refractivity contribution in [3.05, 3.63) is 35.9 Å². The Morgan fingerprint density at radius 1 is 1.36 bits per heavy atom. The van der Waals surface area contributed by atoms with Crippen LogP contribution in [0, 0.1) is 0 Å². The molecule has 0 heterocycles. The molecule has 1 atom stereocenters. The van der Waals surface area contributed by atoms with Crippen molar-refractivity contribution < 1.29 is 9.90 Å². The minimum atomic E-state index is -0.728. The van der Waals surface area contributed by atoms with Crippen LogP contribution in [0.25, 0.3) is 0 Å². The van der Waals surface area contributed by atoms with E-state index in [2.05, 4.69) is 0 Å². The molecule has 0 radical (unpaired) electrons. The number of carbonyl (C=O) groups excluding carboxylic acids is 1. The maximum absolute atomic E-state index is 9.99. The Bertz CT molecular complexity index is 223. The van der Waals surface area contributed by atoms with E-state index in [1.165, 1.54) is 0 Å². The third-order valence-electron chi connectivity index (χ3n) is 1.27. The smallest absolute Gasteiger partial charge is 0.179 e. The molecule has 0 spiro atoms. The number of rotatable bonds is 3. The molecule has 0 saturated heterocycles. The average Bonchev–Trinajstić information content (AvgIpc) is 2.07. The molecule has 0 aromatic heterocycles. The molecular formula is C8H8O2S. The third kappa shape index (κ3) is 2.37. The monoisotopic (exact) mass is 168 g/mol. The highest BCUT2D eigenvalue weighted by Crippen LogP contribution is 2.22. The lowest BCUT2D eigenvalue weighted by molar-refractivity contribution is 0.271.